The highest BCUT2D eigenvalue weighted by Crippen LogP contribution is 2.41. The number of benzene rings is 1. The molecule has 3 N–H and O–H groups in total. The largest absolute Gasteiger partial charge is 0.488 e. The number of nitrogens with zero attached hydrogens (tertiary/aromatic N) is 2. The number of aliphatic hydroxyl groups is 1. The first-order valence-corrected chi connectivity index (χ1v) is 10.4. The third-order valence-electron chi connectivity index (χ3n) is 6.75. The number of aromatic nitrogens is 2. The van der Waals surface area contributed by atoms with Crippen molar-refractivity contribution < 1.29 is 19.4 Å². The predicted octanol–water partition coefficient (Wildman–Crippen LogP) is 1.34. The summed E-state index contributed by atoms with van der Waals surface area (Å²) in [6.07, 6.45) is 0.812. The molecular weight excluding hydrogens is 398 g/mol. The summed E-state index contributed by atoms with van der Waals surface area (Å²) in [7, 11) is 0. The zero-order valence-electron chi connectivity index (χ0n) is 17.0. The predicted molar refractivity (Wildman–Crippen MR) is 112 cm³/mol. The Morgan fingerprint density at radius 2 is 2.13 bits per heavy atom. The standard InChI is InChI=1S/C23H21N3O5/c1-2-23(29)16-7-18-20-11(9-26(18)21(27)15(16)10-30-22(23)28)5-13-14-6-12(8-24)31-19(14)4-3-17(13)25-20/h3-5,7,12,29H,2,6,8-10,24H2,1H3/t12?,23-/m0/s1. The number of nitrogens with two attached hydrogens (primary N) is 1. The Bertz CT molecular complexity index is 1360. The molecule has 5 heterocycles. The van der Waals surface area contributed by atoms with E-state index in [-0.39, 0.29) is 24.7 Å². The molecule has 8 heteroatoms. The third kappa shape index (κ3) is 2.34. The van der Waals surface area contributed by atoms with E-state index < -0.39 is 11.6 Å². The van der Waals surface area contributed by atoms with E-state index in [1.807, 2.05) is 12.1 Å². The van der Waals surface area contributed by atoms with Crippen molar-refractivity contribution in [2.24, 2.45) is 5.73 Å². The fourth-order valence-electron chi connectivity index (χ4n) is 4.99. The molecule has 158 valence electrons. The average Bonchev–Trinajstić information content (AvgIpc) is 3.36. The molecule has 3 aliphatic heterocycles. The van der Waals surface area contributed by atoms with Gasteiger partial charge in [-0.05, 0) is 30.7 Å². The molecule has 0 amide bonds. The van der Waals surface area contributed by atoms with E-state index >= 15 is 0 Å². The smallest absolute Gasteiger partial charge is 0.343 e. The van der Waals surface area contributed by atoms with Crippen LogP contribution in [0.2, 0.25) is 0 Å². The summed E-state index contributed by atoms with van der Waals surface area (Å²) in [5.41, 5.74) is 8.48. The van der Waals surface area contributed by atoms with Crippen LogP contribution >= 0.6 is 0 Å². The van der Waals surface area contributed by atoms with Crippen molar-refractivity contribution >= 4 is 16.9 Å². The van der Waals surface area contributed by atoms with Gasteiger partial charge in [-0.3, -0.25) is 4.79 Å². The van der Waals surface area contributed by atoms with Gasteiger partial charge in [0.15, 0.2) is 5.60 Å². The highest BCUT2D eigenvalue weighted by molar-refractivity contribution is 5.89. The van der Waals surface area contributed by atoms with Gasteiger partial charge in [-0.1, -0.05) is 6.92 Å². The van der Waals surface area contributed by atoms with Crippen LogP contribution in [-0.2, 0) is 34.7 Å². The maximum absolute atomic E-state index is 13.2. The summed E-state index contributed by atoms with van der Waals surface area (Å²) in [6, 6.07) is 7.61. The monoisotopic (exact) mass is 419 g/mol. The van der Waals surface area contributed by atoms with Crippen molar-refractivity contribution in [2.45, 2.75) is 44.6 Å². The van der Waals surface area contributed by atoms with E-state index in [0.29, 0.717) is 35.6 Å². The van der Waals surface area contributed by atoms with Crippen molar-refractivity contribution in [3.05, 3.63) is 56.9 Å². The van der Waals surface area contributed by atoms with Gasteiger partial charge in [0, 0.05) is 35.0 Å². The Morgan fingerprint density at radius 1 is 1.29 bits per heavy atom. The number of carbonyl (C=O) groups is 1. The number of hydrogen-bond acceptors (Lipinski definition) is 7. The second kappa shape index (κ2) is 6.15. The molecule has 8 nitrogen and oxygen atoms in total. The van der Waals surface area contributed by atoms with Crippen molar-refractivity contribution in [1.82, 2.24) is 9.55 Å². The zero-order valence-corrected chi connectivity index (χ0v) is 17.0. The molecule has 0 bridgehead atoms. The molecule has 6 rings (SSSR count). The number of rotatable bonds is 2. The molecule has 2 atom stereocenters. The zero-order chi connectivity index (χ0) is 21.5. The number of carbonyl (C=O) groups excluding carboxylic acids is 1. The van der Waals surface area contributed by atoms with Gasteiger partial charge >= 0.3 is 5.97 Å². The summed E-state index contributed by atoms with van der Waals surface area (Å²) >= 11 is 0. The van der Waals surface area contributed by atoms with Gasteiger partial charge in [0.05, 0.1) is 29.0 Å². The molecular formula is C23H21N3O5. The number of hydrogen-bond donors (Lipinski definition) is 2. The fourth-order valence-corrected chi connectivity index (χ4v) is 4.99. The Labute approximate surface area is 177 Å². The number of pyridine rings is 2. The molecule has 0 radical (unpaired) electrons. The lowest BCUT2D eigenvalue weighted by atomic mass is 9.86. The molecule has 0 saturated carbocycles. The van der Waals surface area contributed by atoms with Crippen LogP contribution in [0.25, 0.3) is 22.3 Å². The van der Waals surface area contributed by atoms with Crippen LogP contribution in [-0.4, -0.2) is 33.3 Å². The number of fused-ring (bicyclic) bond motifs is 7. The summed E-state index contributed by atoms with van der Waals surface area (Å²) < 4.78 is 12.7. The van der Waals surface area contributed by atoms with E-state index in [0.717, 1.165) is 34.2 Å². The first-order valence-electron chi connectivity index (χ1n) is 10.4. The van der Waals surface area contributed by atoms with E-state index in [1.165, 1.54) is 0 Å². The van der Waals surface area contributed by atoms with E-state index in [4.69, 9.17) is 20.2 Å². The van der Waals surface area contributed by atoms with Crippen LogP contribution < -0.4 is 16.0 Å². The normalized spacial score (nSPS) is 23.1. The van der Waals surface area contributed by atoms with Gasteiger partial charge in [0.1, 0.15) is 18.5 Å². The number of cyclic esters (lactones) is 1. The first-order chi connectivity index (χ1) is 14.9. The second-order valence-corrected chi connectivity index (χ2v) is 8.39. The molecule has 0 saturated heterocycles. The minimum atomic E-state index is -1.82. The van der Waals surface area contributed by atoms with Gasteiger partial charge in [-0.2, -0.15) is 0 Å². The van der Waals surface area contributed by atoms with Crippen molar-refractivity contribution in [3.63, 3.8) is 0 Å². The first kappa shape index (κ1) is 18.5. The molecule has 3 aliphatic rings. The van der Waals surface area contributed by atoms with Crippen LogP contribution in [0.3, 0.4) is 0 Å². The molecule has 1 unspecified atom stereocenters. The third-order valence-corrected chi connectivity index (χ3v) is 6.75. The Balaban J connectivity index is 1.56. The van der Waals surface area contributed by atoms with Gasteiger partial charge in [-0.15, -0.1) is 0 Å². The summed E-state index contributed by atoms with van der Waals surface area (Å²) in [6.45, 7) is 2.38. The Morgan fingerprint density at radius 3 is 2.90 bits per heavy atom. The Hall–Kier alpha value is -3.23. The van der Waals surface area contributed by atoms with Crippen LogP contribution in [0.4, 0.5) is 0 Å². The van der Waals surface area contributed by atoms with E-state index in [9.17, 15) is 14.7 Å². The van der Waals surface area contributed by atoms with Gasteiger partial charge in [0.2, 0.25) is 0 Å². The molecule has 0 aliphatic carbocycles. The summed E-state index contributed by atoms with van der Waals surface area (Å²) in [4.78, 5) is 30.4. The molecule has 31 heavy (non-hydrogen) atoms. The Kier molecular flexibility index (Phi) is 3.68. The van der Waals surface area contributed by atoms with Crippen LogP contribution in [0.15, 0.2) is 29.1 Å². The molecule has 2 aromatic heterocycles. The lowest BCUT2D eigenvalue weighted by molar-refractivity contribution is -0.172. The van der Waals surface area contributed by atoms with Crippen LogP contribution in [0.5, 0.6) is 5.75 Å². The fraction of sp³-hybridized carbons (Fsp3) is 0.348. The number of esters is 1. The quantitative estimate of drug-likeness (QED) is 0.471. The van der Waals surface area contributed by atoms with Crippen LogP contribution in [0, 0.1) is 0 Å². The van der Waals surface area contributed by atoms with Gasteiger partial charge in [0.25, 0.3) is 5.56 Å². The molecule has 3 aromatic rings. The average molecular weight is 419 g/mol. The lowest BCUT2D eigenvalue weighted by Gasteiger charge is -2.31. The summed E-state index contributed by atoms with van der Waals surface area (Å²) in [5, 5.41) is 12.0. The van der Waals surface area contributed by atoms with E-state index in [2.05, 4.69) is 6.07 Å². The summed E-state index contributed by atoms with van der Waals surface area (Å²) in [5.74, 6) is 0.109. The highest BCUT2D eigenvalue weighted by atomic mass is 16.6. The number of ether oxygens (including phenoxy) is 2. The SMILES string of the molecule is CC[C@@]1(O)C(=O)OCc2c1cc1n(c2=O)Cc2cc3c4c(ccc3nc2-1)OC(CN)C4. The molecule has 0 spiro atoms. The van der Waals surface area contributed by atoms with E-state index in [1.54, 1.807) is 17.6 Å². The second-order valence-electron chi connectivity index (χ2n) is 8.39. The van der Waals surface area contributed by atoms with Crippen molar-refractivity contribution in [2.75, 3.05) is 6.54 Å². The minimum absolute atomic E-state index is 0.0374. The molecule has 0 fully saturated rings. The van der Waals surface area contributed by atoms with Crippen molar-refractivity contribution in [1.29, 1.82) is 0 Å². The lowest BCUT2D eigenvalue weighted by Crippen LogP contribution is -2.44. The highest BCUT2D eigenvalue weighted by Gasteiger charge is 2.45. The van der Waals surface area contributed by atoms with Crippen LogP contribution in [0.1, 0.15) is 35.6 Å². The van der Waals surface area contributed by atoms with Gasteiger partial charge in [-0.25, -0.2) is 9.78 Å². The van der Waals surface area contributed by atoms with Gasteiger partial charge < -0.3 is 24.9 Å². The topological polar surface area (TPSA) is 117 Å². The maximum Gasteiger partial charge on any atom is 0.343 e. The molecule has 1 aromatic carbocycles. The minimum Gasteiger partial charge on any atom is -0.488 e. The maximum atomic E-state index is 13.2. The van der Waals surface area contributed by atoms with Crippen molar-refractivity contribution in [3.8, 4) is 17.1 Å².